The van der Waals surface area contributed by atoms with E-state index in [9.17, 15) is 23.1 Å². The minimum absolute atomic E-state index is 0.320. The number of carboxylic acid groups (broad SMARTS) is 1. The molecular weight excluding hydrogens is 537 g/mol. The number of benzene rings is 2. The maximum Gasteiger partial charge on any atom is 0.573 e. The number of methoxy groups -OCH3 is 2. The highest BCUT2D eigenvalue weighted by atomic mass is 19.4. The zero-order valence-electron chi connectivity index (χ0n) is 22.1. The van der Waals surface area contributed by atoms with Crippen molar-refractivity contribution in [3.05, 3.63) is 54.9 Å². The molecule has 1 aliphatic heterocycles. The van der Waals surface area contributed by atoms with Gasteiger partial charge < -0.3 is 28.8 Å². The van der Waals surface area contributed by atoms with Gasteiger partial charge in [-0.15, -0.1) is 18.3 Å². The predicted molar refractivity (Wildman–Crippen MR) is 135 cm³/mol. The number of ether oxygens (including phenoxy) is 5. The Bertz CT molecular complexity index is 1270. The molecule has 1 fully saturated rings. The van der Waals surface area contributed by atoms with E-state index in [1.54, 1.807) is 31.2 Å². The number of nitrogens with zero attached hydrogens (tertiary/aromatic N) is 4. The number of hydrogen-bond donors (Lipinski definition) is 1. The second kappa shape index (κ2) is 12.2. The Morgan fingerprint density at radius 2 is 1.70 bits per heavy atom. The summed E-state index contributed by atoms with van der Waals surface area (Å²) in [5.41, 5.74) is 1.37. The Labute approximate surface area is 228 Å². The summed E-state index contributed by atoms with van der Waals surface area (Å²) in [6.07, 6.45) is -7.94. The molecule has 2 heterocycles. The average Bonchev–Trinajstić information content (AvgIpc) is 3.39. The van der Waals surface area contributed by atoms with Gasteiger partial charge in [-0.25, -0.2) is 19.4 Å². The molecule has 40 heavy (non-hydrogen) atoms. The number of amides is 1. The predicted octanol–water partition coefficient (Wildman–Crippen LogP) is 4.50. The third-order valence-corrected chi connectivity index (χ3v) is 6.34. The first kappa shape index (κ1) is 29.3. The van der Waals surface area contributed by atoms with Crippen molar-refractivity contribution in [2.75, 3.05) is 25.7 Å². The fourth-order valence-corrected chi connectivity index (χ4v) is 4.61. The first-order valence-electron chi connectivity index (χ1n) is 12.3. The SMILES string of the molecule is CCO[C@@H]1[C@H](OC)[C@H](N(C(=O)O)c2ccc(-c3ncn(-c4ccc(OC(F)(F)F)cc4)n3)cc2)O[C@H](C)[C@H]1OC. The Hall–Kier alpha value is -3.72. The van der Waals surface area contributed by atoms with E-state index in [-0.39, 0.29) is 5.75 Å². The van der Waals surface area contributed by atoms with Crippen LogP contribution in [0.2, 0.25) is 0 Å². The van der Waals surface area contributed by atoms with E-state index < -0.39 is 43.1 Å². The van der Waals surface area contributed by atoms with E-state index in [1.807, 2.05) is 6.92 Å². The Morgan fingerprint density at radius 3 is 2.25 bits per heavy atom. The lowest BCUT2D eigenvalue weighted by Crippen LogP contribution is -2.64. The number of hydrogen-bond acceptors (Lipinski definition) is 8. The molecule has 0 spiro atoms. The van der Waals surface area contributed by atoms with Crippen LogP contribution < -0.4 is 9.64 Å². The highest BCUT2D eigenvalue weighted by molar-refractivity contribution is 5.87. The third kappa shape index (κ3) is 6.36. The van der Waals surface area contributed by atoms with Gasteiger partial charge in [0.25, 0.3) is 0 Å². The highest BCUT2D eigenvalue weighted by Gasteiger charge is 2.49. The van der Waals surface area contributed by atoms with Crippen molar-refractivity contribution in [3.63, 3.8) is 0 Å². The van der Waals surface area contributed by atoms with E-state index in [4.69, 9.17) is 18.9 Å². The fourth-order valence-electron chi connectivity index (χ4n) is 4.61. The van der Waals surface area contributed by atoms with Gasteiger partial charge in [0, 0.05) is 32.1 Å². The van der Waals surface area contributed by atoms with Gasteiger partial charge in [0.2, 0.25) is 0 Å². The van der Waals surface area contributed by atoms with Crippen molar-refractivity contribution in [1.29, 1.82) is 0 Å². The van der Waals surface area contributed by atoms with Crippen LogP contribution >= 0.6 is 0 Å². The Kier molecular flexibility index (Phi) is 8.93. The van der Waals surface area contributed by atoms with Crippen LogP contribution in [-0.4, -0.2) is 83.8 Å². The summed E-state index contributed by atoms with van der Waals surface area (Å²) in [5, 5.41) is 14.5. The van der Waals surface area contributed by atoms with Gasteiger partial charge in [0.1, 0.15) is 30.4 Å². The van der Waals surface area contributed by atoms with Crippen LogP contribution in [0.1, 0.15) is 13.8 Å². The minimum atomic E-state index is -4.78. The molecule has 1 amide bonds. The summed E-state index contributed by atoms with van der Waals surface area (Å²) < 4.78 is 65.6. The van der Waals surface area contributed by atoms with Crippen molar-refractivity contribution in [2.24, 2.45) is 0 Å². The summed E-state index contributed by atoms with van der Waals surface area (Å²) in [7, 11) is 2.99. The largest absolute Gasteiger partial charge is 0.573 e. The summed E-state index contributed by atoms with van der Waals surface area (Å²) in [6, 6.07) is 11.6. The van der Waals surface area contributed by atoms with Crippen molar-refractivity contribution in [2.45, 2.75) is 50.9 Å². The zero-order chi connectivity index (χ0) is 29.0. The van der Waals surface area contributed by atoms with Gasteiger partial charge in [-0.2, -0.15) is 0 Å². The molecule has 216 valence electrons. The molecule has 3 aromatic rings. The number of halogens is 3. The van der Waals surface area contributed by atoms with E-state index in [2.05, 4.69) is 14.8 Å². The first-order valence-corrected chi connectivity index (χ1v) is 12.3. The standard InChI is InChI=1S/C26H29F3N4O7/c1-5-38-21-20(36-3)15(2)39-24(22(21)37-4)33(25(34)35)18-8-6-16(7-9-18)23-30-14-32(31-23)17-10-12-19(13-11-17)40-26(27,28)29/h6-15,20-22,24H,5H2,1-4H3,(H,34,35)/t15-,20-,21+,22+,24-/m1/s1. The minimum Gasteiger partial charge on any atom is -0.465 e. The molecule has 1 aromatic heterocycles. The molecule has 0 saturated carbocycles. The van der Waals surface area contributed by atoms with Gasteiger partial charge in [-0.3, -0.25) is 0 Å². The number of carbonyl (C=O) groups is 1. The Balaban J connectivity index is 1.55. The average molecular weight is 567 g/mol. The molecule has 0 aliphatic carbocycles. The van der Waals surface area contributed by atoms with Crippen molar-refractivity contribution < 1.29 is 46.8 Å². The molecule has 1 saturated heterocycles. The van der Waals surface area contributed by atoms with Crippen molar-refractivity contribution in [3.8, 4) is 22.8 Å². The highest BCUT2D eigenvalue weighted by Crippen LogP contribution is 2.33. The lowest BCUT2D eigenvalue weighted by atomic mass is 9.97. The van der Waals surface area contributed by atoms with Gasteiger partial charge in [-0.05, 0) is 62.4 Å². The van der Waals surface area contributed by atoms with E-state index in [0.717, 1.165) is 4.90 Å². The van der Waals surface area contributed by atoms with Crippen LogP contribution in [-0.2, 0) is 18.9 Å². The Morgan fingerprint density at radius 1 is 1.05 bits per heavy atom. The number of alkyl halides is 3. The van der Waals surface area contributed by atoms with Crippen LogP contribution in [0.5, 0.6) is 5.75 Å². The second-order valence-electron chi connectivity index (χ2n) is 8.81. The molecule has 5 atom stereocenters. The molecule has 11 nitrogen and oxygen atoms in total. The molecule has 0 bridgehead atoms. The number of aromatic nitrogens is 3. The van der Waals surface area contributed by atoms with Crippen LogP contribution in [0.3, 0.4) is 0 Å². The van der Waals surface area contributed by atoms with Gasteiger partial charge in [0.05, 0.1) is 11.8 Å². The summed E-state index contributed by atoms with van der Waals surface area (Å²) in [6.45, 7) is 3.98. The van der Waals surface area contributed by atoms with Crippen LogP contribution in [0, 0.1) is 0 Å². The summed E-state index contributed by atoms with van der Waals surface area (Å²) >= 11 is 0. The lowest BCUT2D eigenvalue weighted by molar-refractivity contribution is -0.274. The van der Waals surface area contributed by atoms with Crippen molar-refractivity contribution >= 4 is 11.8 Å². The molecule has 0 radical (unpaired) electrons. The van der Waals surface area contributed by atoms with Gasteiger partial charge in [0.15, 0.2) is 12.1 Å². The first-order chi connectivity index (χ1) is 19.1. The summed E-state index contributed by atoms with van der Waals surface area (Å²) in [4.78, 5) is 17.8. The van der Waals surface area contributed by atoms with E-state index >= 15 is 0 Å². The number of anilines is 1. The zero-order valence-corrected chi connectivity index (χ0v) is 22.1. The van der Waals surface area contributed by atoms with Crippen molar-refractivity contribution in [1.82, 2.24) is 14.8 Å². The fraction of sp³-hybridized carbons (Fsp3) is 0.423. The van der Waals surface area contributed by atoms with Crippen LogP contribution in [0.4, 0.5) is 23.7 Å². The second-order valence-corrected chi connectivity index (χ2v) is 8.81. The van der Waals surface area contributed by atoms with Crippen LogP contribution in [0.25, 0.3) is 17.1 Å². The molecule has 0 unspecified atom stereocenters. The molecule has 1 aliphatic rings. The molecular formula is C26H29F3N4O7. The molecule has 1 N–H and O–H groups in total. The number of rotatable bonds is 9. The van der Waals surface area contributed by atoms with Crippen LogP contribution in [0.15, 0.2) is 54.9 Å². The monoisotopic (exact) mass is 566 g/mol. The molecule has 4 rings (SSSR count). The van der Waals surface area contributed by atoms with E-state index in [0.29, 0.717) is 29.4 Å². The maximum atomic E-state index is 12.4. The summed E-state index contributed by atoms with van der Waals surface area (Å²) in [5.74, 6) is -0.0340. The topological polar surface area (TPSA) is 117 Å². The lowest BCUT2D eigenvalue weighted by Gasteiger charge is -2.47. The smallest absolute Gasteiger partial charge is 0.465 e. The molecule has 2 aromatic carbocycles. The normalized spacial score (nSPS) is 23.1. The quantitative estimate of drug-likeness (QED) is 0.400. The van der Waals surface area contributed by atoms with E-state index in [1.165, 1.54) is 49.5 Å². The maximum absolute atomic E-state index is 12.4. The molecule has 14 heteroatoms. The third-order valence-electron chi connectivity index (χ3n) is 6.34. The van der Waals surface area contributed by atoms with Gasteiger partial charge >= 0.3 is 12.5 Å². The van der Waals surface area contributed by atoms with Gasteiger partial charge in [-0.1, -0.05) is 0 Å².